The fourth-order valence-electron chi connectivity index (χ4n) is 4.33. The molecule has 1 aliphatic rings. The summed E-state index contributed by atoms with van der Waals surface area (Å²) in [6.45, 7) is -2.51. The van der Waals surface area contributed by atoms with Crippen molar-refractivity contribution in [1.82, 2.24) is 29.9 Å². The van der Waals surface area contributed by atoms with Crippen molar-refractivity contribution in [2.45, 2.75) is 25.0 Å². The Kier molecular flexibility index (Phi) is 9.98. The minimum atomic E-state index is -5.14. The first kappa shape index (κ1) is 34.6. The third-order valence-corrected chi connectivity index (χ3v) is 8.60. The van der Waals surface area contributed by atoms with Crippen LogP contribution in [-0.4, -0.2) is 99.3 Å². The lowest BCUT2D eigenvalue weighted by molar-refractivity contribution is -0.204. The largest absolute Gasteiger partial charge is 0.418 e. The van der Waals surface area contributed by atoms with Crippen molar-refractivity contribution < 1.29 is 49.5 Å². The van der Waals surface area contributed by atoms with Gasteiger partial charge < -0.3 is 15.3 Å². The van der Waals surface area contributed by atoms with Crippen molar-refractivity contribution >= 4 is 39.2 Å². The summed E-state index contributed by atoms with van der Waals surface area (Å²) < 4.78 is 106. The van der Waals surface area contributed by atoms with Gasteiger partial charge in [0.15, 0.2) is 21.8 Å². The number of amidine groups is 1. The number of hydrogen-bond acceptors (Lipinski definition) is 8. The number of urea groups is 1. The number of hydrogen-bond donors (Lipinski definition) is 3. The van der Waals surface area contributed by atoms with Crippen LogP contribution in [0.2, 0.25) is 5.02 Å². The molecule has 4 rings (SSSR count). The highest BCUT2D eigenvalue weighted by molar-refractivity contribution is 7.91. The number of alkyl halides is 6. The van der Waals surface area contributed by atoms with Crippen LogP contribution < -0.4 is 5.32 Å². The molecule has 46 heavy (non-hydrogen) atoms. The third-order valence-electron chi connectivity index (χ3n) is 6.74. The second kappa shape index (κ2) is 13.2. The molecule has 0 aliphatic carbocycles. The zero-order valence-corrected chi connectivity index (χ0v) is 24.9. The number of carbonyl (C=O) groups is 2. The fraction of sp³-hybridized carbons (Fsp3) is 0.346. The minimum Gasteiger partial charge on any atom is -0.382 e. The van der Waals surface area contributed by atoms with Gasteiger partial charge in [-0.1, -0.05) is 17.7 Å². The zero-order valence-electron chi connectivity index (χ0n) is 23.3. The number of halogens is 7. The number of aliphatic hydroxyl groups is 1. The van der Waals surface area contributed by atoms with E-state index in [0.717, 1.165) is 23.4 Å². The average molecular weight is 696 g/mol. The molecule has 0 saturated carbocycles. The molecule has 1 saturated heterocycles. The highest BCUT2D eigenvalue weighted by Gasteiger charge is 2.41. The molecule has 1 atom stereocenters. The van der Waals surface area contributed by atoms with Crippen LogP contribution in [-0.2, 0) is 22.6 Å². The number of rotatable bonds is 7. The Morgan fingerprint density at radius 1 is 1.07 bits per heavy atom. The van der Waals surface area contributed by atoms with Gasteiger partial charge in [0.1, 0.15) is 12.2 Å². The second-order valence-corrected chi connectivity index (χ2v) is 12.7. The lowest BCUT2D eigenvalue weighted by atomic mass is 10.0. The van der Waals surface area contributed by atoms with Gasteiger partial charge in [0.2, 0.25) is 0 Å². The van der Waals surface area contributed by atoms with Crippen molar-refractivity contribution in [2.75, 3.05) is 31.1 Å². The molecule has 3 amide bonds. The van der Waals surface area contributed by atoms with E-state index in [2.05, 4.69) is 15.4 Å². The van der Waals surface area contributed by atoms with Gasteiger partial charge in [0.05, 0.1) is 41.4 Å². The monoisotopic (exact) mass is 695 g/mol. The highest BCUT2D eigenvalue weighted by atomic mass is 35.5. The molecule has 248 valence electrons. The molecular weight excluding hydrogens is 672 g/mol. The quantitative estimate of drug-likeness (QED) is 0.194. The van der Waals surface area contributed by atoms with Crippen LogP contribution in [0.25, 0.3) is 5.69 Å². The summed E-state index contributed by atoms with van der Waals surface area (Å²) in [4.78, 5) is 31.4. The Hall–Kier alpha value is -4.23. The number of sulfone groups is 1. The highest BCUT2D eigenvalue weighted by Crippen LogP contribution is 2.36. The van der Waals surface area contributed by atoms with Crippen molar-refractivity contribution in [2.24, 2.45) is 0 Å². The molecular formula is C26H24ClF6N7O5S. The summed E-state index contributed by atoms with van der Waals surface area (Å²) in [5.41, 5.74) is -2.48. The van der Waals surface area contributed by atoms with Gasteiger partial charge in [0, 0.05) is 23.7 Å². The van der Waals surface area contributed by atoms with Gasteiger partial charge in [-0.2, -0.15) is 26.3 Å². The third kappa shape index (κ3) is 8.13. The van der Waals surface area contributed by atoms with Crippen LogP contribution in [0, 0.1) is 5.41 Å². The number of nitrogens with zero attached hydrogens (tertiary/aromatic N) is 5. The molecule has 1 fully saturated rings. The molecule has 20 heteroatoms. The van der Waals surface area contributed by atoms with E-state index in [-0.39, 0.29) is 41.0 Å². The molecule has 1 aromatic heterocycles. The number of nitrogens with one attached hydrogen (secondary N) is 2. The molecule has 1 aliphatic heterocycles. The van der Waals surface area contributed by atoms with Gasteiger partial charge in [-0.25, -0.2) is 22.9 Å². The van der Waals surface area contributed by atoms with Crippen molar-refractivity contribution in [3.05, 3.63) is 76.3 Å². The predicted octanol–water partition coefficient (Wildman–Crippen LogP) is 3.27. The lowest BCUT2D eigenvalue weighted by Crippen LogP contribution is -2.50. The maximum atomic E-state index is 14.0. The minimum absolute atomic E-state index is 0.0245. The van der Waals surface area contributed by atoms with Gasteiger partial charge in [-0.05, 0) is 36.4 Å². The van der Waals surface area contributed by atoms with E-state index in [1.807, 2.05) is 0 Å². The summed E-state index contributed by atoms with van der Waals surface area (Å²) in [5, 5.41) is 24.2. The summed E-state index contributed by atoms with van der Waals surface area (Å²) in [7, 11) is -3.41. The number of aliphatic hydroxyl groups excluding tert-OH is 1. The summed E-state index contributed by atoms with van der Waals surface area (Å²) in [6, 6.07) is 6.66. The molecule has 2 aromatic carbocycles. The van der Waals surface area contributed by atoms with E-state index in [4.69, 9.17) is 17.0 Å². The molecule has 0 radical (unpaired) electrons. The summed E-state index contributed by atoms with van der Waals surface area (Å²) in [6.07, 6.45) is -12.3. The molecule has 0 spiro atoms. The first-order valence-corrected chi connectivity index (χ1v) is 15.3. The molecule has 0 bridgehead atoms. The van der Waals surface area contributed by atoms with Crippen LogP contribution in [0.15, 0.2) is 48.8 Å². The van der Waals surface area contributed by atoms with Gasteiger partial charge >= 0.3 is 18.4 Å². The Morgan fingerprint density at radius 3 is 2.28 bits per heavy atom. The number of para-hydroxylation sites is 1. The number of benzene rings is 2. The van der Waals surface area contributed by atoms with Crippen molar-refractivity contribution in [3.8, 4) is 5.69 Å². The van der Waals surface area contributed by atoms with Gasteiger partial charge in [-0.15, -0.1) is 5.10 Å². The maximum absolute atomic E-state index is 14.0. The van der Waals surface area contributed by atoms with Gasteiger partial charge in [0.25, 0.3) is 5.91 Å². The average Bonchev–Trinajstić information content (AvgIpc) is 3.45. The van der Waals surface area contributed by atoms with E-state index in [1.54, 1.807) is 0 Å². The van der Waals surface area contributed by atoms with Gasteiger partial charge in [-0.3, -0.25) is 15.1 Å². The number of carbonyl (C=O) groups excluding carboxylic acids is 2. The van der Waals surface area contributed by atoms with E-state index >= 15 is 0 Å². The Labute approximate surface area is 262 Å². The predicted molar refractivity (Wildman–Crippen MR) is 150 cm³/mol. The standard InChI is InChI=1S/C26H24ClF6N7O5S/c27-16-6-4-15(5-7-16)22(34)39(13-19(41)26(31,32)33)24(43)35-12-20-36-14-40(37-20)21-17(2-1-3-18(21)25(28,29)30)23(42)38-8-10-46(44,45)11-9-38/h1-7,14,19,34,41H,8-13H2,(H,35,43)/t19-/m0/s1. The van der Waals surface area contributed by atoms with Crippen LogP contribution in [0.5, 0.6) is 0 Å². The molecule has 12 nitrogen and oxygen atoms in total. The summed E-state index contributed by atoms with van der Waals surface area (Å²) in [5.74, 6) is -2.69. The Balaban J connectivity index is 1.59. The zero-order chi connectivity index (χ0) is 34.0. The first-order valence-electron chi connectivity index (χ1n) is 13.1. The number of amides is 3. The van der Waals surface area contributed by atoms with E-state index in [9.17, 15) is 49.5 Å². The lowest BCUT2D eigenvalue weighted by Gasteiger charge is -2.28. The summed E-state index contributed by atoms with van der Waals surface area (Å²) >= 11 is 5.80. The molecule has 0 unspecified atom stereocenters. The topological polar surface area (TPSA) is 162 Å². The second-order valence-electron chi connectivity index (χ2n) is 9.93. The maximum Gasteiger partial charge on any atom is 0.418 e. The SMILES string of the molecule is N=C(c1ccc(Cl)cc1)N(C[C@H](O)C(F)(F)F)C(=O)NCc1ncn(-c2c(C(=O)N3CCS(=O)(=O)CC3)cccc2C(F)(F)F)n1. The molecule has 3 N–H and O–H groups in total. The van der Waals surface area contributed by atoms with Crippen LogP contribution in [0.4, 0.5) is 31.1 Å². The first-order chi connectivity index (χ1) is 21.4. The van der Waals surface area contributed by atoms with Crippen LogP contribution in [0.1, 0.15) is 27.3 Å². The molecule has 2 heterocycles. The van der Waals surface area contributed by atoms with Crippen LogP contribution >= 0.6 is 11.6 Å². The fourth-order valence-corrected chi connectivity index (χ4v) is 5.66. The van der Waals surface area contributed by atoms with E-state index in [1.165, 1.54) is 24.3 Å². The Morgan fingerprint density at radius 2 is 1.70 bits per heavy atom. The Bertz CT molecular complexity index is 1720. The molecule has 3 aromatic rings. The van der Waals surface area contributed by atoms with Crippen LogP contribution in [0.3, 0.4) is 0 Å². The normalized spacial score (nSPS) is 15.7. The van der Waals surface area contributed by atoms with E-state index < -0.39 is 76.0 Å². The number of aromatic nitrogens is 3. The van der Waals surface area contributed by atoms with E-state index in [0.29, 0.717) is 15.6 Å². The van der Waals surface area contributed by atoms with Crippen molar-refractivity contribution in [1.29, 1.82) is 5.41 Å². The smallest absolute Gasteiger partial charge is 0.382 e. The van der Waals surface area contributed by atoms with Crippen molar-refractivity contribution in [3.63, 3.8) is 0 Å².